The molecule has 1 nitrogen and oxygen atoms in total. The zero-order valence-electron chi connectivity index (χ0n) is 9.97. The number of hydrogen-bond acceptors (Lipinski definition) is 1. The molecule has 19 heavy (non-hydrogen) atoms. The lowest BCUT2D eigenvalue weighted by atomic mass is 9.74. The molecule has 1 fully saturated rings. The van der Waals surface area contributed by atoms with Crippen molar-refractivity contribution in [3.8, 4) is 0 Å². The second-order valence-electron chi connectivity index (χ2n) is 5.00. The first-order valence-corrected chi connectivity index (χ1v) is 6.72. The van der Waals surface area contributed by atoms with E-state index in [1.54, 1.807) is 0 Å². The van der Waals surface area contributed by atoms with E-state index in [9.17, 15) is 18.3 Å². The van der Waals surface area contributed by atoms with Crippen LogP contribution in [-0.4, -0.2) is 11.3 Å². The largest absolute Gasteiger partial charge is 0.391 e. The van der Waals surface area contributed by atoms with E-state index in [0.717, 1.165) is 0 Å². The fourth-order valence-corrected chi connectivity index (χ4v) is 2.88. The minimum Gasteiger partial charge on any atom is -0.385 e. The summed E-state index contributed by atoms with van der Waals surface area (Å²) in [5.41, 5.74) is -1.08. The third-order valence-corrected chi connectivity index (χ3v) is 4.39. The maximum Gasteiger partial charge on any atom is 0.391 e. The Bertz CT molecular complexity index is 475. The van der Waals surface area contributed by atoms with Crippen molar-refractivity contribution >= 4 is 23.2 Å². The molecule has 0 aromatic heterocycles. The second-order valence-corrected chi connectivity index (χ2v) is 5.81. The Labute approximate surface area is 119 Å². The van der Waals surface area contributed by atoms with Crippen LogP contribution in [0.1, 0.15) is 31.2 Å². The van der Waals surface area contributed by atoms with Crippen molar-refractivity contribution < 1.29 is 18.3 Å². The van der Waals surface area contributed by atoms with Crippen LogP contribution < -0.4 is 0 Å². The average molecular weight is 313 g/mol. The third kappa shape index (κ3) is 3.18. The van der Waals surface area contributed by atoms with Gasteiger partial charge in [0.25, 0.3) is 0 Å². The van der Waals surface area contributed by atoms with Crippen molar-refractivity contribution in [2.24, 2.45) is 5.92 Å². The van der Waals surface area contributed by atoms with Crippen LogP contribution in [0.2, 0.25) is 10.0 Å². The lowest BCUT2D eigenvalue weighted by molar-refractivity contribution is -0.201. The van der Waals surface area contributed by atoms with Gasteiger partial charge in [-0.2, -0.15) is 13.2 Å². The summed E-state index contributed by atoms with van der Waals surface area (Å²) in [6.45, 7) is 0. The third-order valence-electron chi connectivity index (χ3n) is 3.65. The van der Waals surface area contributed by atoms with Crippen LogP contribution in [0.25, 0.3) is 0 Å². The molecule has 106 valence electrons. The molecule has 1 saturated carbocycles. The molecule has 0 aliphatic heterocycles. The Hall–Kier alpha value is -0.450. The molecule has 1 N–H and O–H groups in total. The first kappa shape index (κ1) is 14.9. The van der Waals surface area contributed by atoms with E-state index < -0.39 is 17.7 Å². The molecule has 0 bridgehead atoms. The van der Waals surface area contributed by atoms with Crippen LogP contribution in [0.3, 0.4) is 0 Å². The van der Waals surface area contributed by atoms with Crippen LogP contribution in [0, 0.1) is 5.92 Å². The van der Waals surface area contributed by atoms with Crippen molar-refractivity contribution in [1.29, 1.82) is 0 Å². The van der Waals surface area contributed by atoms with Crippen LogP contribution in [0.15, 0.2) is 18.2 Å². The standard InChI is InChI=1S/C13H13Cl2F3O/c14-10-4-3-8(6-11(10)15)12(19)5-1-2-9(7-12)13(16,17)18/h3-4,6,9,19H,1-2,5,7H2. The van der Waals surface area contributed by atoms with Crippen LogP contribution in [0.5, 0.6) is 0 Å². The van der Waals surface area contributed by atoms with E-state index in [1.807, 2.05) is 0 Å². The van der Waals surface area contributed by atoms with Gasteiger partial charge < -0.3 is 5.11 Å². The summed E-state index contributed by atoms with van der Waals surface area (Å²) in [7, 11) is 0. The molecule has 6 heteroatoms. The van der Waals surface area contributed by atoms with Crippen molar-refractivity contribution in [2.45, 2.75) is 37.5 Å². The van der Waals surface area contributed by atoms with E-state index >= 15 is 0 Å². The van der Waals surface area contributed by atoms with Gasteiger partial charge in [-0.25, -0.2) is 0 Å². The molecule has 1 aromatic carbocycles. The lowest BCUT2D eigenvalue weighted by Crippen LogP contribution is -2.38. The van der Waals surface area contributed by atoms with Gasteiger partial charge in [-0.3, -0.25) is 0 Å². The molecule has 1 aliphatic rings. The summed E-state index contributed by atoms with van der Waals surface area (Å²) in [4.78, 5) is 0. The van der Waals surface area contributed by atoms with Crippen molar-refractivity contribution in [1.82, 2.24) is 0 Å². The minimum atomic E-state index is -4.27. The average Bonchev–Trinajstić information content (AvgIpc) is 2.31. The normalized spacial score (nSPS) is 28.4. The first-order valence-electron chi connectivity index (χ1n) is 5.97. The molecular weight excluding hydrogens is 300 g/mol. The molecule has 0 saturated heterocycles. The zero-order chi connectivity index (χ0) is 14.3. The SMILES string of the molecule is OC1(c2ccc(Cl)c(Cl)c2)CCCC(C(F)(F)F)C1. The molecule has 1 aromatic rings. The highest BCUT2D eigenvalue weighted by atomic mass is 35.5. The minimum absolute atomic E-state index is 0.0626. The monoisotopic (exact) mass is 312 g/mol. The molecule has 1 aliphatic carbocycles. The molecule has 2 atom stereocenters. The van der Waals surface area contributed by atoms with E-state index in [1.165, 1.54) is 18.2 Å². The van der Waals surface area contributed by atoms with Gasteiger partial charge in [0.05, 0.1) is 21.6 Å². The fraction of sp³-hybridized carbons (Fsp3) is 0.538. The fourth-order valence-electron chi connectivity index (χ4n) is 2.58. The first-order chi connectivity index (χ1) is 8.72. The summed E-state index contributed by atoms with van der Waals surface area (Å²) in [6.07, 6.45) is -3.90. The summed E-state index contributed by atoms with van der Waals surface area (Å²) in [5.74, 6) is -1.47. The molecule has 2 rings (SSSR count). The van der Waals surface area contributed by atoms with Crippen molar-refractivity contribution in [2.75, 3.05) is 0 Å². The van der Waals surface area contributed by atoms with E-state index in [-0.39, 0.29) is 17.9 Å². The molecule has 0 amide bonds. The Morgan fingerprint density at radius 2 is 1.89 bits per heavy atom. The lowest BCUT2D eigenvalue weighted by Gasteiger charge is -2.38. The quantitative estimate of drug-likeness (QED) is 0.779. The Kier molecular flexibility index (Phi) is 4.05. The summed E-state index contributed by atoms with van der Waals surface area (Å²) in [6, 6.07) is 4.48. The Morgan fingerprint density at radius 3 is 2.47 bits per heavy atom. The van der Waals surface area contributed by atoms with Crippen molar-refractivity contribution in [3.63, 3.8) is 0 Å². The second kappa shape index (κ2) is 5.15. The van der Waals surface area contributed by atoms with Gasteiger partial charge in [0.2, 0.25) is 0 Å². The maximum absolute atomic E-state index is 12.8. The van der Waals surface area contributed by atoms with E-state index in [0.29, 0.717) is 23.4 Å². The number of hydrogen-bond donors (Lipinski definition) is 1. The van der Waals surface area contributed by atoms with Crippen LogP contribution >= 0.6 is 23.2 Å². The Morgan fingerprint density at radius 1 is 1.21 bits per heavy atom. The summed E-state index contributed by atoms with van der Waals surface area (Å²) < 4.78 is 38.4. The molecule has 0 radical (unpaired) electrons. The number of rotatable bonds is 1. The number of aliphatic hydroxyl groups is 1. The highest BCUT2D eigenvalue weighted by Gasteiger charge is 2.47. The molecule has 0 spiro atoms. The van der Waals surface area contributed by atoms with Crippen molar-refractivity contribution in [3.05, 3.63) is 33.8 Å². The topological polar surface area (TPSA) is 20.2 Å². The summed E-state index contributed by atoms with van der Waals surface area (Å²) >= 11 is 11.6. The van der Waals surface area contributed by atoms with E-state index in [2.05, 4.69) is 0 Å². The van der Waals surface area contributed by atoms with Gasteiger partial charge in [-0.05, 0) is 43.4 Å². The van der Waals surface area contributed by atoms with Crippen LogP contribution in [-0.2, 0) is 5.60 Å². The predicted octanol–water partition coefficient (Wildman–Crippen LogP) is 4.93. The van der Waals surface area contributed by atoms with Gasteiger partial charge >= 0.3 is 6.18 Å². The number of alkyl halides is 3. The Balaban J connectivity index is 2.28. The van der Waals surface area contributed by atoms with Gasteiger partial charge in [0.15, 0.2) is 0 Å². The van der Waals surface area contributed by atoms with E-state index in [4.69, 9.17) is 23.2 Å². The molecular formula is C13H13Cl2F3O. The number of halogens is 5. The zero-order valence-corrected chi connectivity index (χ0v) is 11.5. The highest BCUT2D eigenvalue weighted by molar-refractivity contribution is 6.42. The van der Waals surface area contributed by atoms with Gasteiger partial charge in [-0.15, -0.1) is 0 Å². The highest BCUT2D eigenvalue weighted by Crippen LogP contribution is 2.46. The van der Waals surface area contributed by atoms with Gasteiger partial charge in [0, 0.05) is 0 Å². The van der Waals surface area contributed by atoms with Crippen LogP contribution in [0.4, 0.5) is 13.2 Å². The molecule has 0 heterocycles. The maximum atomic E-state index is 12.8. The molecule has 2 unspecified atom stereocenters. The van der Waals surface area contributed by atoms with Gasteiger partial charge in [-0.1, -0.05) is 29.3 Å². The summed E-state index contributed by atoms with van der Waals surface area (Å²) in [5, 5.41) is 11.0. The predicted molar refractivity (Wildman–Crippen MR) is 68.4 cm³/mol. The smallest absolute Gasteiger partial charge is 0.385 e. The van der Waals surface area contributed by atoms with Gasteiger partial charge in [0.1, 0.15) is 0 Å². The number of benzene rings is 1.